The quantitative estimate of drug-likeness (QED) is 0.216. The lowest BCUT2D eigenvalue weighted by molar-refractivity contribution is -0.137. The zero-order chi connectivity index (χ0) is 36.1. The normalized spacial score (nSPS) is 21.2. The molecule has 0 radical (unpaired) electrons. The number of halogens is 3. The first kappa shape index (κ1) is 36.3. The second-order valence-electron chi connectivity index (χ2n) is 12.8. The first-order chi connectivity index (χ1) is 23.8. The van der Waals surface area contributed by atoms with E-state index in [0.717, 1.165) is 24.3 Å². The van der Waals surface area contributed by atoms with E-state index in [1.54, 1.807) is 11.9 Å². The molecule has 3 aliphatic heterocycles. The predicted molar refractivity (Wildman–Crippen MR) is 175 cm³/mol. The molecule has 15 heteroatoms. The lowest BCUT2D eigenvalue weighted by atomic mass is 9.94. The number of rotatable bonds is 12. The van der Waals surface area contributed by atoms with E-state index >= 15 is 0 Å². The minimum Gasteiger partial charge on any atom is -0.490 e. The van der Waals surface area contributed by atoms with Gasteiger partial charge in [-0.25, -0.2) is 0 Å². The number of unbranched alkanes of at least 4 members (excludes halogenated alkanes) is 1. The zero-order valence-electron chi connectivity index (χ0n) is 27.7. The van der Waals surface area contributed by atoms with Crippen molar-refractivity contribution in [3.8, 4) is 18.1 Å². The number of alkyl halides is 3. The minimum absolute atomic E-state index is 0.00630. The first-order valence-electron chi connectivity index (χ1n) is 16.4. The number of anilines is 1. The molecule has 2 aromatic rings. The van der Waals surface area contributed by atoms with Gasteiger partial charge in [0.15, 0.2) is 5.66 Å². The summed E-state index contributed by atoms with van der Waals surface area (Å²) in [6, 6.07) is 7.17. The second-order valence-corrected chi connectivity index (χ2v) is 12.8. The number of carbonyl (C=O) groups excluding carboxylic acids is 4. The molecule has 0 spiro atoms. The molecule has 0 saturated carbocycles. The van der Waals surface area contributed by atoms with E-state index in [1.807, 2.05) is 6.92 Å². The Labute approximate surface area is 287 Å². The van der Waals surface area contributed by atoms with Gasteiger partial charge in [-0.1, -0.05) is 0 Å². The maximum atomic E-state index is 13.6. The van der Waals surface area contributed by atoms with E-state index < -0.39 is 41.6 Å². The highest BCUT2D eigenvalue weighted by atomic mass is 19.4. The van der Waals surface area contributed by atoms with Crippen LogP contribution in [0.25, 0.3) is 0 Å². The second kappa shape index (κ2) is 15.3. The predicted octanol–water partition coefficient (Wildman–Crippen LogP) is 4.71. The van der Waals surface area contributed by atoms with Crippen LogP contribution in [0.4, 0.5) is 18.9 Å². The summed E-state index contributed by atoms with van der Waals surface area (Å²) in [6.45, 7) is 2.33. The Morgan fingerprint density at radius 1 is 1.14 bits per heavy atom. The number of hydrogen-bond donors (Lipinski definition) is 3. The molecule has 1 fully saturated rings. The zero-order valence-corrected chi connectivity index (χ0v) is 27.7. The highest BCUT2D eigenvalue weighted by Gasteiger charge is 2.40. The largest absolute Gasteiger partial charge is 0.490 e. The molecular formula is C35H39F3N6O6. The number of benzene rings is 2. The Morgan fingerprint density at radius 2 is 1.88 bits per heavy atom. The van der Waals surface area contributed by atoms with Crippen LogP contribution in [-0.4, -0.2) is 78.7 Å². The average Bonchev–Trinajstić information content (AvgIpc) is 3.83. The molecule has 5 rings (SSSR count). The van der Waals surface area contributed by atoms with Crippen LogP contribution in [0.1, 0.15) is 78.1 Å². The van der Waals surface area contributed by atoms with Crippen LogP contribution in [-0.2, 0) is 20.5 Å². The highest BCUT2D eigenvalue weighted by molar-refractivity contribution is 6.05. The molecule has 0 unspecified atom stereocenters. The molecule has 0 aromatic heterocycles. The third-order valence-corrected chi connectivity index (χ3v) is 8.95. The van der Waals surface area contributed by atoms with Crippen molar-refractivity contribution in [2.24, 2.45) is 10.2 Å². The Hall–Kier alpha value is -4.97. The SMILES string of the molecule is C#CCCCNC(=O)[C@H](CCC1(C)N=N1)NC(=O)C[C@@H]1CC[C@H]2[C@H](COc3ccc(NC(=O)c4ccc(C(F)(F)F)cc4)cc3C(=O)N2C)O1. The smallest absolute Gasteiger partial charge is 0.416 e. The molecule has 3 aliphatic rings. The summed E-state index contributed by atoms with van der Waals surface area (Å²) in [7, 11) is 1.64. The summed E-state index contributed by atoms with van der Waals surface area (Å²) in [6.07, 6.45) is 2.75. The molecule has 266 valence electrons. The molecule has 50 heavy (non-hydrogen) atoms. The number of fused-ring (bicyclic) bond motifs is 2. The fourth-order valence-corrected chi connectivity index (χ4v) is 5.98. The number of ether oxygens (including phenoxy) is 2. The van der Waals surface area contributed by atoms with Crippen LogP contribution in [0.3, 0.4) is 0 Å². The average molecular weight is 697 g/mol. The van der Waals surface area contributed by atoms with Crippen LogP contribution in [0.15, 0.2) is 52.7 Å². The number of terminal acetylenes is 1. The fourth-order valence-electron chi connectivity index (χ4n) is 5.98. The van der Waals surface area contributed by atoms with Crippen LogP contribution in [0.5, 0.6) is 5.75 Å². The Morgan fingerprint density at radius 3 is 2.56 bits per heavy atom. The topological polar surface area (TPSA) is 151 Å². The van der Waals surface area contributed by atoms with E-state index in [0.29, 0.717) is 45.1 Å². The lowest BCUT2D eigenvalue weighted by Crippen LogP contribution is -2.54. The summed E-state index contributed by atoms with van der Waals surface area (Å²) in [4.78, 5) is 54.0. The van der Waals surface area contributed by atoms with Crippen molar-refractivity contribution < 1.29 is 41.8 Å². The van der Waals surface area contributed by atoms with Crippen LogP contribution in [0, 0.1) is 12.3 Å². The molecule has 2 aromatic carbocycles. The standard InChI is InChI=1S/C35H39F3N6O6/c1-4-5-6-17-39-32(47)26(15-16-34(2)42-43-34)41-30(45)19-24-12-13-27-29(50-24)20-49-28-14-11-23(18-25(28)33(48)44(27)3)40-31(46)21-7-9-22(10-8-21)35(36,37)38/h1,7-11,14,18,24,26-27,29H,5-6,12-13,15-17,19-20H2,2-3H3,(H,39,47)(H,40,46)(H,41,45)/t24-,26-,27-,29-/m0/s1. The van der Waals surface area contributed by atoms with Gasteiger partial charge in [0, 0.05) is 31.3 Å². The lowest BCUT2D eigenvalue weighted by Gasteiger charge is -2.42. The maximum Gasteiger partial charge on any atom is 0.416 e. The van der Waals surface area contributed by atoms with Crippen LogP contribution >= 0.6 is 0 Å². The number of likely N-dealkylation sites (N-methyl/N-ethyl adjacent to an activating group) is 1. The number of nitrogens with zero attached hydrogens (tertiary/aromatic N) is 3. The van der Waals surface area contributed by atoms with E-state index in [2.05, 4.69) is 32.1 Å². The fraction of sp³-hybridized carbons (Fsp3) is 0.486. The summed E-state index contributed by atoms with van der Waals surface area (Å²) in [5.74, 6) is 1.12. The molecule has 4 amide bonds. The molecule has 0 bridgehead atoms. The summed E-state index contributed by atoms with van der Waals surface area (Å²) >= 11 is 0. The van der Waals surface area contributed by atoms with E-state index in [-0.39, 0.29) is 59.4 Å². The van der Waals surface area contributed by atoms with Crippen molar-refractivity contribution >= 4 is 29.3 Å². The number of carbonyl (C=O) groups is 4. The van der Waals surface area contributed by atoms with Gasteiger partial charge in [0.25, 0.3) is 11.8 Å². The van der Waals surface area contributed by atoms with Crippen molar-refractivity contribution in [3.05, 3.63) is 59.2 Å². The summed E-state index contributed by atoms with van der Waals surface area (Å²) in [5.41, 5.74) is -0.924. The van der Waals surface area contributed by atoms with E-state index in [1.165, 1.54) is 18.2 Å². The Balaban J connectivity index is 1.18. The molecule has 12 nitrogen and oxygen atoms in total. The van der Waals surface area contributed by atoms with Gasteiger partial charge in [0.2, 0.25) is 11.8 Å². The molecule has 0 aliphatic carbocycles. The molecule has 1 saturated heterocycles. The van der Waals surface area contributed by atoms with Crippen molar-refractivity contribution in [2.75, 3.05) is 25.5 Å². The van der Waals surface area contributed by atoms with Crippen LogP contribution < -0.4 is 20.7 Å². The minimum atomic E-state index is -4.52. The van der Waals surface area contributed by atoms with Crippen molar-refractivity contribution in [1.29, 1.82) is 0 Å². The number of hydrogen-bond acceptors (Lipinski definition) is 8. The molecule has 4 atom stereocenters. The first-order valence-corrected chi connectivity index (χ1v) is 16.4. The number of amides is 4. The van der Waals surface area contributed by atoms with Gasteiger partial charge >= 0.3 is 6.18 Å². The van der Waals surface area contributed by atoms with Gasteiger partial charge in [-0.05, 0) is 81.5 Å². The summed E-state index contributed by atoms with van der Waals surface area (Å²) < 4.78 is 51.0. The maximum absolute atomic E-state index is 13.6. The van der Waals surface area contributed by atoms with Crippen molar-refractivity contribution in [2.45, 2.75) is 88.0 Å². The highest BCUT2D eigenvalue weighted by Crippen LogP contribution is 2.34. The summed E-state index contributed by atoms with van der Waals surface area (Å²) in [5, 5.41) is 16.3. The third-order valence-electron chi connectivity index (χ3n) is 8.95. The molecular weight excluding hydrogens is 657 g/mol. The van der Waals surface area contributed by atoms with Gasteiger partial charge in [0.1, 0.15) is 24.5 Å². The van der Waals surface area contributed by atoms with Gasteiger partial charge in [-0.15, -0.1) is 12.3 Å². The van der Waals surface area contributed by atoms with Gasteiger partial charge in [0.05, 0.1) is 29.7 Å². The third kappa shape index (κ3) is 9.17. The molecule has 3 heterocycles. The van der Waals surface area contributed by atoms with Crippen LogP contribution in [0.2, 0.25) is 0 Å². The Kier molecular flexibility index (Phi) is 11.1. The van der Waals surface area contributed by atoms with Gasteiger partial charge in [-0.2, -0.15) is 23.4 Å². The molecule has 3 N–H and O–H groups in total. The monoisotopic (exact) mass is 696 g/mol. The Bertz CT molecular complexity index is 1670. The van der Waals surface area contributed by atoms with Gasteiger partial charge in [-0.3, -0.25) is 19.2 Å². The number of nitrogens with one attached hydrogen (secondary N) is 3. The van der Waals surface area contributed by atoms with Gasteiger partial charge < -0.3 is 30.3 Å². The van der Waals surface area contributed by atoms with E-state index in [4.69, 9.17) is 15.9 Å². The van der Waals surface area contributed by atoms with Crippen molar-refractivity contribution in [1.82, 2.24) is 15.5 Å². The van der Waals surface area contributed by atoms with E-state index in [9.17, 15) is 32.3 Å². The van der Waals surface area contributed by atoms with Crippen molar-refractivity contribution in [3.63, 3.8) is 0 Å².